The highest BCUT2D eigenvalue weighted by Gasteiger charge is 2.28. The number of methoxy groups -OCH3 is 1. The van der Waals surface area contributed by atoms with Crippen LogP contribution in [0.25, 0.3) is 0 Å². The summed E-state index contributed by atoms with van der Waals surface area (Å²) in [6, 6.07) is 9.96. The SMILES string of the molecule is COc1ccc(C(C)NC(=O)c2cc(S(=O)(=O)NC3CC3)ccc2C)cc1Br. The molecular weight excluding hydrogens is 444 g/mol. The summed E-state index contributed by atoms with van der Waals surface area (Å²) in [5.41, 5.74) is 1.96. The van der Waals surface area contributed by atoms with Gasteiger partial charge in [-0.05, 0) is 78.0 Å². The van der Waals surface area contributed by atoms with E-state index in [1.54, 1.807) is 20.1 Å². The van der Waals surface area contributed by atoms with Crippen molar-refractivity contribution in [1.82, 2.24) is 10.0 Å². The van der Waals surface area contributed by atoms with Crippen LogP contribution in [0.2, 0.25) is 0 Å². The number of carbonyl (C=O) groups is 1. The Hall–Kier alpha value is -1.90. The number of halogens is 1. The van der Waals surface area contributed by atoms with E-state index in [-0.39, 0.29) is 22.9 Å². The molecule has 1 saturated carbocycles. The second-order valence-corrected chi connectivity index (χ2v) is 9.53. The molecule has 6 nitrogen and oxygen atoms in total. The highest BCUT2D eigenvalue weighted by atomic mass is 79.9. The van der Waals surface area contributed by atoms with Gasteiger partial charge in [-0.25, -0.2) is 13.1 Å². The van der Waals surface area contributed by atoms with Crippen LogP contribution in [0.3, 0.4) is 0 Å². The molecule has 1 unspecified atom stereocenters. The molecule has 150 valence electrons. The van der Waals surface area contributed by atoms with Crippen molar-refractivity contribution in [2.75, 3.05) is 7.11 Å². The lowest BCUT2D eigenvalue weighted by Crippen LogP contribution is -2.29. The lowest BCUT2D eigenvalue weighted by Gasteiger charge is -2.17. The van der Waals surface area contributed by atoms with Crippen molar-refractivity contribution in [2.24, 2.45) is 0 Å². The van der Waals surface area contributed by atoms with Crippen molar-refractivity contribution in [3.05, 3.63) is 57.6 Å². The van der Waals surface area contributed by atoms with Gasteiger partial charge in [-0.2, -0.15) is 0 Å². The molecular formula is C20H23BrN2O4S. The Bertz CT molecular complexity index is 1000. The quantitative estimate of drug-likeness (QED) is 0.651. The van der Waals surface area contributed by atoms with Crippen molar-refractivity contribution in [2.45, 2.75) is 43.7 Å². The van der Waals surface area contributed by atoms with Gasteiger partial charge in [-0.15, -0.1) is 0 Å². The first-order chi connectivity index (χ1) is 13.2. The number of hydrogen-bond donors (Lipinski definition) is 2. The van der Waals surface area contributed by atoms with Gasteiger partial charge in [0, 0.05) is 11.6 Å². The minimum absolute atomic E-state index is 0.0112. The molecule has 1 aliphatic rings. The molecule has 0 bridgehead atoms. The minimum atomic E-state index is -3.61. The molecule has 2 aromatic carbocycles. The van der Waals surface area contributed by atoms with Gasteiger partial charge in [-0.3, -0.25) is 4.79 Å². The first kappa shape index (κ1) is 20.8. The zero-order chi connectivity index (χ0) is 20.5. The predicted octanol–water partition coefficient (Wildman–Crippen LogP) is 3.70. The molecule has 0 heterocycles. The molecule has 28 heavy (non-hydrogen) atoms. The van der Waals surface area contributed by atoms with Crippen LogP contribution in [-0.2, 0) is 10.0 Å². The second kappa shape index (κ2) is 8.23. The average Bonchev–Trinajstić information content (AvgIpc) is 3.44. The van der Waals surface area contributed by atoms with Crippen LogP contribution >= 0.6 is 15.9 Å². The molecule has 2 N–H and O–H groups in total. The molecule has 2 aromatic rings. The summed E-state index contributed by atoms with van der Waals surface area (Å²) in [4.78, 5) is 12.9. The number of rotatable bonds is 7. The Labute approximate surface area is 173 Å². The molecule has 1 aliphatic carbocycles. The molecule has 0 saturated heterocycles. The third-order valence-corrected chi connectivity index (χ3v) is 6.82. The highest BCUT2D eigenvalue weighted by molar-refractivity contribution is 9.10. The molecule has 3 rings (SSSR count). The Morgan fingerprint density at radius 2 is 1.93 bits per heavy atom. The fourth-order valence-corrected chi connectivity index (χ4v) is 4.70. The monoisotopic (exact) mass is 466 g/mol. The molecule has 1 atom stereocenters. The van der Waals surface area contributed by atoms with Gasteiger partial charge >= 0.3 is 0 Å². The van der Waals surface area contributed by atoms with E-state index in [0.29, 0.717) is 16.9 Å². The maximum Gasteiger partial charge on any atom is 0.252 e. The lowest BCUT2D eigenvalue weighted by atomic mass is 10.1. The maximum absolute atomic E-state index is 12.8. The number of nitrogens with one attached hydrogen (secondary N) is 2. The van der Waals surface area contributed by atoms with Gasteiger partial charge in [0.05, 0.1) is 22.5 Å². The van der Waals surface area contributed by atoms with Crippen LogP contribution in [0.15, 0.2) is 45.8 Å². The van der Waals surface area contributed by atoms with Gasteiger partial charge in [0.2, 0.25) is 10.0 Å². The number of hydrogen-bond acceptors (Lipinski definition) is 4. The third-order valence-electron chi connectivity index (χ3n) is 4.69. The lowest BCUT2D eigenvalue weighted by molar-refractivity contribution is 0.0939. The molecule has 0 aromatic heterocycles. The van der Waals surface area contributed by atoms with Crippen molar-refractivity contribution in [1.29, 1.82) is 0 Å². The van der Waals surface area contributed by atoms with E-state index in [1.165, 1.54) is 12.1 Å². The summed E-state index contributed by atoms with van der Waals surface area (Å²) in [6.45, 7) is 3.66. The smallest absolute Gasteiger partial charge is 0.252 e. The molecule has 0 spiro atoms. The molecule has 8 heteroatoms. The van der Waals surface area contributed by atoms with Crippen molar-refractivity contribution < 1.29 is 17.9 Å². The first-order valence-corrected chi connectivity index (χ1v) is 11.3. The van der Waals surface area contributed by atoms with Gasteiger partial charge < -0.3 is 10.1 Å². The third kappa shape index (κ3) is 4.74. The number of benzene rings is 2. The van der Waals surface area contributed by atoms with E-state index in [0.717, 1.165) is 22.9 Å². The minimum Gasteiger partial charge on any atom is -0.496 e. The topological polar surface area (TPSA) is 84.5 Å². The van der Waals surface area contributed by atoms with Crippen LogP contribution in [0.4, 0.5) is 0 Å². The van der Waals surface area contributed by atoms with E-state index in [1.807, 2.05) is 25.1 Å². The number of carbonyl (C=O) groups excluding carboxylic acids is 1. The fraction of sp³-hybridized carbons (Fsp3) is 0.350. The van der Waals surface area contributed by atoms with Gasteiger partial charge in [0.25, 0.3) is 5.91 Å². The Morgan fingerprint density at radius 1 is 1.21 bits per heavy atom. The molecule has 0 aliphatic heterocycles. The summed E-state index contributed by atoms with van der Waals surface area (Å²) in [6.07, 6.45) is 1.71. The summed E-state index contributed by atoms with van der Waals surface area (Å²) in [5, 5.41) is 2.93. The van der Waals surface area contributed by atoms with Crippen LogP contribution in [-0.4, -0.2) is 27.5 Å². The van der Waals surface area contributed by atoms with Crippen LogP contribution in [0, 0.1) is 6.92 Å². The van der Waals surface area contributed by atoms with Crippen molar-refractivity contribution >= 4 is 31.9 Å². The van der Waals surface area contributed by atoms with Gasteiger partial charge in [0.1, 0.15) is 5.75 Å². The normalized spacial score (nSPS) is 15.1. The van der Waals surface area contributed by atoms with Crippen LogP contribution in [0.5, 0.6) is 5.75 Å². The standard InChI is InChI=1S/C20H23BrN2O4S/c1-12-4-8-16(28(25,26)23-15-6-7-15)11-17(12)20(24)22-13(2)14-5-9-19(27-3)18(21)10-14/h4-5,8-11,13,15,23H,6-7H2,1-3H3,(H,22,24). The fourth-order valence-electron chi connectivity index (χ4n) is 2.81. The van der Waals surface area contributed by atoms with Crippen molar-refractivity contribution in [3.8, 4) is 5.75 Å². The number of aryl methyl sites for hydroxylation is 1. The van der Waals surface area contributed by atoms with Crippen LogP contribution in [0.1, 0.15) is 47.3 Å². The Kier molecular flexibility index (Phi) is 6.12. The second-order valence-electron chi connectivity index (χ2n) is 6.96. The number of amides is 1. The zero-order valence-corrected chi connectivity index (χ0v) is 18.4. The zero-order valence-electron chi connectivity index (χ0n) is 16.0. The largest absolute Gasteiger partial charge is 0.496 e. The van der Waals surface area contributed by atoms with E-state index in [9.17, 15) is 13.2 Å². The van der Waals surface area contributed by atoms with E-state index < -0.39 is 10.0 Å². The number of ether oxygens (including phenoxy) is 1. The van der Waals surface area contributed by atoms with Crippen LogP contribution < -0.4 is 14.8 Å². The molecule has 0 radical (unpaired) electrons. The Balaban J connectivity index is 1.79. The predicted molar refractivity (Wildman–Crippen MR) is 111 cm³/mol. The summed E-state index contributed by atoms with van der Waals surface area (Å²) in [7, 11) is -2.02. The summed E-state index contributed by atoms with van der Waals surface area (Å²) in [5.74, 6) is 0.389. The number of sulfonamides is 1. The van der Waals surface area contributed by atoms with Gasteiger partial charge in [0.15, 0.2) is 0 Å². The van der Waals surface area contributed by atoms with E-state index >= 15 is 0 Å². The summed E-state index contributed by atoms with van der Waals surface area (Å²) < 4.78 is 33.6. The molecule has 1 fully saturated rings. The Morgan fingerprint density at radius 3 is 2.54 bits per heavy atom. The first-order valence-electron chi connectivity index (χ1n) is 8.98. The molecule has 1 amide bonds. The highest BCUT2D eigenvalue weighted by Crippen LogP contribution is 2.28. The maximum atomic E-state index is 12.8. The van der Waals surface area contributed by atoms with Crippen molar-refractivity contribution in [3.63, 3.8) is 0 Å². The van der Waals surface area contributed by atoms with E-state index in [4.69, 9.17) is 4.74 Å². The summed E-state index contributed by atoms with van der Waals surface area (Å²) >= 11 is 3.44. The van der Waals surface area contributed by atoms with E-state index in [2.05, 4.69) is 26.0 Å². The van der Waals surface area contributed by atoms with Gasteiger partial charge in [-0.1, -0.05) is 12.1 Å². The average molecular weight is 467 g/mol.